The summed E-state index contributed by atoms with van der Waals surface area (Å²) in [5.74, 6) is -0.552. The van der Waals surface area contributed by atoms with Crippen LogP contribution >= 0.6 is 11.6 Å². The van der Waals surface area contributed by atoms with Gasteiger partial charge in [0.1, 0.15) is 5.82 Å². The Bertz CT molecular complexity index is 551. The van der Waals surface area contributed by atoms with E-state index in [0.29, 0.717) is 11.3 Å². The number of benzene rings is 1. The summed E-state index contributed by atoms with van der Waals surface area (Å²) in [6.45, 7) is 1.46. The van der Waals surface area contributed by atoms with Crippen LogP contribution in [-0.2, 0) is 0 Å². The Kier molecular flexibility index (Phi) is 2.75. The average Bonchev–Trinajstić information content (AvgIpc) is 2.71. The first-order valence-electron chi connectivity index (χ1n) is 4.59. The third-order valence-electron chi connectivity index (χ3n) is 2.16. The Morgan fingerprint density at radius 2 is 2.25 bits per heavy atom. The van der Waals surface area contributed by atoms with Crippen molar-refractivity contribution in [3.63, 3.8) is 0 Å². The van der Waals surface area contributed by atoms with Gasteiger partial charge in [-0.05, 0) is 25.1 Å². The summed E-state index contributed by atoms with van der Waals surface area (Å²) in [5, 5.41) is 4.02. The predicted molar refractivity (Wildman–Crippen MR) is 58.5 cm³/mol. The molecular formula is C11H8ClFN2O. The Hall–Kier alpha value is -1.68. The third-order valence-corrected chi connectivity index (χ3v) is 2.45. The van der Waals surface area contributed by atoms with Gasteiger partial charge >= 0.3 is 0 Å². The van der Waals surface area contributed by atoms with E-state index in [0.717, 1.165) is 0 Å². The fraction of sp³-hybridized carbons (Fsp3) is 0.0909. The van der Waals surface area contributed by atoms with Gasteiger partial charge in [0, 0.05) is 6.20 Å². The van der Waals surface area contributed by atoms with Crippen molar-refractivity contribution in [1.82, 2.24) is 9.78 Å². The van der Waals surface area contributed by atoms with Crippen LogP contribution in [0.15, 0.2) is 30.6 Å². The predicted octanol–water partition coefficient (Wildman–Crippen LogP) is 2.87. The summed E-state index contributed by atoms with van der Waals surface area (Å²) in [6.07, 6.45) is 3.03. The standard InChI is InChI=1S/C11H8ClFN2O/c1-7(16)8-5-14-15(6-8)9-2-3-11(13)10(12)4-9/h2-6H,1H3. The molecule has 0 bridgehead atoms. The Balaban J connectivity index is 2.42. The Morgan fingerprint density at radius 3 is 2.81 bits per heavy atom. The Morgan fingerprint density at radius 1 is 1.50 bits per heavy atom. The lowest BCUT2D eigenvalue weighted by Gasteiger charge is -2.01. The first-order chi connectivity index (χ1) is 7.58. The molecule has 82 valence electrons. The van der Waals surface area contributed by atoms with Gasteiger partial charge in [-0.25, -0.2) is 9.07 Å². The normalized spacial score (nSPS) is 10.4. The average molecular weight is 239 g/mol. The van der Waals surface area contributed by atoms with Crippen LogP contribution in [0.25, 0.3) is 5.69 Å². The first kappa shape index (κ1) is 10.8. The van der Waals surface area contributed by atoms with Crippen molar-refractivity contribution in [3.8, 4) is 5.69 Å². The van der Waals surface area contributed by atoms with Crippen molar-refractivity contribution in [2.45, 2.75) is 6.92 Å². The molecule has 2 rings (SSSR count). The van der Waals surface area contributed by atoms with E-state index in [2.05, 4.69) is 5.10 Å². The van der Waals surface area contributed by atoms with Crippen molar-refractivity contribution in [2.24, 2.45) is 0 Å². The summed E-state index contributed by atoms with van der Waals surface area (Å²) in [5.41, 5.74) is 1.11. The second kappa shape index (κ2) is 4.06. The second-order valence-electron chi connectivity index (χ2n) is 3.33. The zero-order valence-electron chi connectivity index (χ0n) is 8.45. The molecule has 16 heavy (non-hydrogen) atoms. The number of carbonyl (C=O) groups excluding carboxylic acids is 1. The van der Waals surface area contributed by atoms with E-state index in [1.165, 1.54) is 36.0 Å². The van der Waals surface area contributed by atoms with E-state index in [4.69, 9.17) is 11.6 Å². The van der Waals surface area contributed by atoms with Gasteiger partial charge in [-0.15, -0.1) is 0 Å². The van der Waals surface area contributed by atoms with Crippen LogP contribution in [0.4, 0.5) is 4.39 Å². The van der Waals surface area contributed by atoms with Crippen molar-refractivity contribution in [3.05, 3.63) is 47.0 Å². The summed E-state index contributed by atoms with van der Waals surface area (Å²) < 4.78 is 14.4. The molecule has 0 saturated heterocycles. The van der Waals surface area contributed by atoms with Crippen molar-refractivity contribution >= 4 is 17.4 Å². The monoisotopic (exact) mass is 238 g/mol. The molecule has 0 N–H and O–H groups in total. The number of ketones is 1. The highest BCUT2D eigenvalue weighted by Crippen LogP contribution is 2.18. The van der Waals surface area contributed by atoms with E-state index in [-0.39, 0.29) is 10.8 Å². The molecule has 0 fully saturated rings. The number of hydrogen-bond acceptors (Lipinski definition) is 2. The van der Waals surface area contributed by atoms with E-state index < -0.39 is 5.82 Å². The summed E-state index contributed by atoms with van der Waals surface area (Å²) in [7, 11) is 0. The maximum absolute atomic E-state index is 12.9. The topological polar surface area (TPSA) is 34.9 Å². The molecule has 1 heterocycles. The number of nitrogens with zero attached hydrogens (tertiary/aromatic N) is 2. The summed E-state index contributed by atoms with van der Waals surface area (Å²) in [4.78, 5) is 11.1. The van der Waals surface area contributed by atoms with E-state index in [9.17, 15) is 9.18 Å². The number of rotatable bonds is 2. The highest BCUT2D eigenvalue weighted by atomic mass is 35.5. The van der Waals surface area contributed by atoms with Crippen molar-refractivity contribution < 1.29 is 9.18 Å². The zero-order chi connectivity index (χ0) is 11.7. The van der Waals surface area contributed by atoms with Gasteiger partial charge in [0.25, 0.3) is 0 Å². The zero-order valence-corrected chi connectivity index (χ0v) is 9.20. The minimum Gasteiger partial charge on any atom is -0.294 e. The fourth-order valence-electron chi connectivity index (χ4n) is 1.27. The Labute approximate surface area is 96.5 Å². The highest BCUT2D eigenvalue weighted by Gasteiger charge is 2.06. The lowest BCUT2D eigenvalue weighted by atomic mass is 10.2. The third kappa shape index (κ3) is 1.97. The summed E-state index contributed by atoms with van der Waals surface area (Å²) >= 11 is 5.65. The second-order valence-corrected chi connectivity index (χ2v) is 3.74. The smallest absolute Gasteiger partial charge is 0.162 e. The molecule has 0 aliphatic carbocycles. The molecule has 0 atom stereocenters. The van der Waals surface area contributed by atoms with Gasteiger partial charge in [-0.1, -0.05) is 11.6 Å². The lowest BCUT2D eigenvalue weighted by Crippen LogP contribution is -1.95. The molecule has 0 radical (unpaired) electrons. The van der Waals surface area contributed by atoms with Crippen LogP contribution in [-0.4, -0.2) is 15.6 Å². The molecule has 3 nitrogen and oxygen atoms in total. The molecule has 1 aromatic carbocycles. The molecule has 0 saturated carbocycles. The molecular weight excluding hydrogens is 231 g/mol. The molecule has 1 aromatic heterocycles. The number of aromatic nitrogens is 2. The molecule has 2 aromatic rings. The van der Waals surface area contributed by atoms with Crippen LogP contribution in [0.1, 0.15) is 17.3 Å². The molecule has 0 unspecified atom stereocenters. The molecule has 0 aliphatic heterocycles. The first-order valence-corrected chi connectivity index (χ1v) is 4.97. The van der Waals surface area contributed by atoms with E-state index in [1.807, 2.05) is 0 Å². The molecule has 0 aliphatic rings. The number of hydrogen-bond donors (Lipinski definition) is 0. The van der Waals surface area contributed by atoms with E-state index >= 15 is 0 Å². The van der Waals surface area contributed by atoms with Gasteiger partial charge in [0.2, 0.25) is 0 Å². The molecule has 0 amide bonds. The molecule has 5 heteroatoms. The minimum absolute atomic E-state index is 0.0253. The minimum atomic E-state index is -0.482. The quantitative estimate of drug-likeness (QED) is 0.754. The number of carbonyl (C=O) groups is 1. The largest absolute Gasteiger partial charge is 0.294 e. The van der Waals surface area contributed by atoms with Crippen LogP contribution < -0.4 is 0 Å². The van der Waals surface area contributed by atoms with Crippen molar-refractivity contribution in [2.75, 3.05) is 0 Å². The molecule has 0 spiro atoms. The van der Waals surface area contributed by atoms with Crippen LogP contribution in [0.5, 0.6) is 0 Å². The van der Waals surface area contributed by atoms with Gasteiger partial charge < -0.3 is 0 Å². The van der Waals surface area contributed by atoms with Crippen LogP contribution in [0.2, 0.25) is 5.02 Å². The van der Waals surface area contributed by atoms with Gasteiger partial charge in [-0.3, -0.25) is 4.79 Å². The SMILES string of the molecule is CC(=O)c1cnn(-c2ccc(F)c(Cl)c2)c1. The maximum Gasteiger partial charge on any atom is 0.162 e. The van der Waals surface area contributed by atoms with E-state index in [1.54, 1.807) is 6.20 Å². The highest BCUT2D eigenvalue weighted by molar-refractivity contribution is 6.30. The lowest BCUT2D eigenvalue weighted by molar-refractivity contribution is 0.101. The summed E-state index contributed by atoms with van der Waals surface area (Å²) in [6, 6.07) is 4.25. The van der Waals surface area contributed by atoms with Crippen molar-refractivity contribution in [1.29, 1.82) is 0 Å². The number of halogens is 2. The number of Topliss-reactive ketones (excluding diaryl/α,β-unsaturated/α-hetero) is 1. The van der Waals surface area contributed by atoms with Gasteiger partial charge in [-0.2, -0.15) is 5.10 Å². The maximum atomic E-state index is 12.9. The van der Waals surface area contributed by atoms with Crippen LogP contribution in [0, 0.1) is 5.82 Å². The van der Waals surface area contributed by atoms with Gasteiger partial charge in [0.05, 0.1) is 22.5 Å². The van der Waals surface area contributed by atoms with Crippen LogP contribution in [0.3, 0.4) is 0 Å². The van der Waals surface area contributed by atoms with Gasteiger partial charge in [0.15, 0.2) is 5.78 Å². The fourth-order valence-corrected chi connectivity index (χ4v) is 1.45.